The molecule has 1 aliphatic rings. The zero-order valence-corrected chi connectivity index (χ0v) is 12.0. The van der Waals surface area contributed by atoms with Gasteiger partial charge in [0, 0.05) is 12.7 Å². The van der Waals surface area contributed by atoms with Crippen LogP contribution in [-0.4, -0.2) is 38.4 Å². The lowest BCUT2D eigenvalue weighted by molar-refractivity contribution is 0.146. The largest absolute Gasteiger partial charge is 0.491 e. The number of hydrogen-bond donors (Lipinski definition) is 1. The quantitative estimate of drug-likeness (QED) is 0.812. The van der Waals surface area contributed by atoms with E-state index in [4.69, 9.17) is 15.2 Å². The zero-order chi connectivity index (χ0) is 15.1. The number of rotatable bonds is 6. The molecule has 1 unspecified atom stereocenters. The highest BCUT2D eigenvalue weighted by Crippen LogP contribution is 2.16. The molecule has 21 heavy (non-hydrogen) atoms. The van der Waals surface area contributed by atoms with Gasteiger partial charge in [-0.2, -0.15) is 0 Å². The predicted molar refractivity (Wildman–Crippen MR) is 85.1 cm³/mol. The summed E-state index contributed by atoms with van der Waals surface area (Å²) in [5.41, 5.74) is 8.36. The molecular weight excluding hydrogens is 266 g/mol. The molecule has 1 aromatic carbocycles. The summed E-state index contributed by atoms with van der Waals surface area (Å²) < 4.78 is 10.5. The summed E-state index contributed by atoms with van der Waals surface area (Å²) in [6, 6.07) is 7.65. The molecular formula is C16H19N3O2. The molecule has 0 aliphatic carbocycles. The molecule has 0 fully saturated rings. The molecule has 0 radical (unpaired) electrons. The van der Waals surface area contributed by atoms with Gasteiger partial charge in [-0.05, 0) is 30.3 Å². The molecule has 2 N–H and O–H groups in total. The van der Waals surface area contributed by atoms with Gasteiger partial charge in [-0.1, -0.05) is 12.7 Å². The van der Waals surface area contributed by atoms with Crippen LogP contribution in [0.15, 0.2) is 58.7 Å². The number of nitrogens with zero attached hydrogens (tertiary/aromatic N) is 2. The summed E-state index contributed by atoms with van der Waals surface area (Å²) in [6.45, 7) is 4.72. The van der Waals surface area contributed by atoms with E-state index >= 15 is 0 Å². The molecule has 0 saturated heterocycles. The maximum atomic E-state index is 5.95. The number of hydrogen-bond acceptors (Lipinski definition) is 5. The summed E-state index contributed by atoms with van der Waals surface area (Å²) in [5.74, 6) is 0.792. The standard InChI is InChI=1S/C16H19N3O2/c1-3-4-14-16(17)19-15(11-18-14)12-5-7-13(8-6-12)21-10-9-20-2/h3-8,11,16H,1,9-10,17H2,2H3/b14-4+. The second-order valence-electron chi connectivity index (χ2n) is 4.41. The summed E-state index contributed by atoms with van der Waals surface area (Å²) >= 11 is 0. The van der Waals surface area contributed by atoms with Gasteiger partial charge >= 0.3 is 0 Å². The fraction of sp³-hybridized carbons (Fsp3) is 0.250. The van der Waals surface area contributed by atoms with E-state index in [2.05, 4.69) is 16.6 Å². The van der Waals surface area contributed by atoms with Crippen molar-refractivity contribution >= 4 is 11.9 Å². The van der Waals surface area contributed by atoms with Gasteiger partial charge in [0.05, 0.1) is 24.2 Å². The van der Waals surface area contributed by atoms with Crippen molar-refractivity contribution in [3.05, 3.63) is 54.3 Å². The van der Waals surface area contributed by atoms with Gasteiger partial charge in [-0.3, -0.25) is 9.98 Å². The Kier molecular flexibility index (Phi) is 5.43. The van der Waals surface area contributed by atoms with E-state index in [1.54, 1.807) is 25.5 Å². The van der Waals surface area contributed by atoms with Crippen LogP contribution in [0.5, 0.6) is 5.75 Å². The Hall–Kier alpha value is -2.24. The van der Waals surface area contributed by atoms with E-state index in [0.717, 1.165) is 17.0 Å². The SMILES string of the molecule is C=C/C=C1/N=CC(c2ccc(OCCOC)cc2)=NC1N. The van der Waals surface area contributed by atoms with Crippen molar-refractivity contribution < 1.29 is 9.47 Å². The van der Waals surface area contributed by atoms with Gasteiger partial charge in [0.25, 0.3) is 0 Å². The zero-order valence-electron chi connectivity index (χ0n) is 12.0. The van der Waals surface area contributed by atoms with Crippen LogP contribution in [0, 0.1) is 0 Å². The maximum absolute atomic E-state index is 5.95. The van der Waals surface area contributed by atoms with Gasteiger partial charge in [-0.15, -0.1) is 0 Å². The number of ether oxygens (including phenoxy) is 2. The lowest BCUT2D eigenvalue weighted by Crippen LogP contribution is -2.25. The van der Waals surface area contributed by atoms with Crippen molar-refractivity contribution in [3.8, 4) is 5.75 Å². The van der Waals surface area contributed by atoms with Crippen LogP contribution in [0.25, 0.3) is 0 Å². The molecule has 110 valence electrons. The molecule has 0 spiro atoms. The first-order valence-corrected chi connectivity index (χ1v) is 6.67. The summed E-state index contributed by atoms with van der Waals surface area (Å²) in [4.78, 5) is 8.73. The second kappa shape index (κ2) is 7.52. The van der Waals surface area contributed by atoms with E-state index in [-0.39, 0.29) is 0 Å². The van der Waals surface area contributed by atoms with E-state index in [1.165, 1.54) is 0 Å². The third-order valence-corrected chi connectivity index (χ3v) is 2.91. The highest BCUT2D eigenvalue weighted by Gasteiger charge is 2.13. The first kappa shape index (κ1) is 15.2. The van der Waals surface area contributed by atoms with E-state index < -0.39 is 6.17 Å². The molecule has 1 atom stereocenters. The average molecular weight is 285 g/mol. The molecule has 5 nitrogen and oxygen atoms in total. The molecule has 5 heteroatoms. The van der Waals surface area contributed by atoms with Gasteiger partial charge < -0.3 is 15.2 Å². The minimum atomic E-state index is -0.458. The van der Waals surface area contributed by atoms with Gasteiger partial charge in [0.2, 0.25) is 0 Å². The molecule has 0 saturated carbocycles. The molecule has 1 aromatic rings. The number of methoxy groups -OCH3 is 1. The van der Waals surface area contributed by atoms with Crippen LogP contribution in [0.3, 0.4) is 0 Å². The minimum absolute atomic E-state index is 0.458. The third kappa shape index (κ3) is 4.11. The Labute approximate surface area is 124 Å². The van der Waals surface area contributed by atoms with Crippen molar-refractivity contribution in [3.63, 3.8) is 0 Å². The number of aliphatic imine (C=N–C) groups is 2. The van der Waals surface area contributed by atoms with E-state index in [1.807, 2.05) is 24.3 Å². The number of nitrogens with two attached hydrogens (primary N) is 1. The maximum Gasteiger partial charge on any atom is 0.140 e. The smallest absolute Gasteiger partial charge is 0.140 e. The topological polar surface area (TPSA) is 69.2 Å². The molecule has 0 aromatic heterocycles. The highest BCUT2D eigenvalue weighted by molar-refractivity contribution is 6.38. The predicted octanol–water partition coefficient (Wildman–Crippen LogP) is 1.94. The van der Waals surface area contributed by atoms with Crippen LogP contribution in [-0.2, 0) is 4.74 Å². The Morgan fingerprint density at radius 1 is 1.29 bits per heavy atom. The van der Waals surface area contributed by atoms with E-state index in [0.29, 0.717) is 18.9 Å². The van der Waals surface area contributed by atoms with Crippen molar-refractivity contribution in [2.75, 3.05) is 20.3 Å². The Morgan fingerprint density at radius 2 is 2.05 bits per heavy atom. The lowest BCUT2D eigenvalue weighted by Gasteiger charge is -2.14. The van der Waals surface area contributed by atoms with Gasteiger partial charge in [0.1, 0.15) is 18.5 Å². The minimum Gasteiger partial charge on any atom is -0.491 e. The Bertz CT molecular complexity index is 574. The first-order chi connectivity index (χ1) is 10.2. The fourth-order valence-corrected chi connectivity index (χ4v) is 1.84. The number of allylic oxidation sites excluding steroid dienone is 2. The van der Waals surface area contributed by atoms with Crippen LogP contribution in [0.2, 0.25) is 0 Å². The normalized spacial score (nSPS) is 19.4. The molecule has 2 rings (SSSR count). The first-order valence-electron chi connectivity index (χ1n) is 6.67. The number of benzene rings is 1. The average Bonchev–Trinajstić information content (AvgIpc) is 2.50. The summed E-state index contributed by atoms with van der Waals surface area (Å²) in [6.07, 6.45) is 4.66. The lowest BCUT2D eigenvalue weighted by atomic mass is 10.1. The molecule has 0 amide bonds. The molecule has 1 aliphatic heterocycles. The van der Waals surface area contributed by atoms with Crippen LogP contribution in [0.4, 0.5) is 0 Å². The van der Waals surface area contributed by atoms with Crippen molar-refractivity contribution in [2.24, 2.45) is 15.7 Å². The van der Waals surface area contributed by atoms with Gasteiger partial charge in [0.15, 0.2) is 0 Å². The summed E-state index contributed by atoms with van der Waals surface area (Å²) in [7, 11) is 1.64. The highest BCUT2D eigenvalue weighted by atomic mass is 16.5. The van der Waals surface area contributed by atoms with Gasteiger partial charge in [-0.25, -0.2) is 0 Å². The van der Waals surface area contributed by atoms with Crippen molar-refractivity contribution in [1.29, 1.82) is 0 Å². The molecule has 1 heterocycles. The van der Waals surface area contributed by atoms with E-state index in [9.17, 15) is 0 Å². The van der Waals surface area contributed by atoms with Crippen molar-refractivity contribution in [1.82, 2.24) is 0 Å². The molecule has 0 bridgehead atoms. The third-order valence-electron chi connectivity index (χ3n) is 2.91. The van der Waals surface area contributed by atoms with Crippen LogP contribution < -0.4 is 10.5 Å². The Balaban J connectivity index is 2.06. The van der Waals surface area contributed by atoms with Crippen LogP contribution >= 0.6 is 0 Å². The Morgan fingerprint density at radius 3 is 2.67 bits per heavy atom. The second-order valence-corrected chi connectivity index (χ2v) is 4.41. The summed E-state index contributed by atoms with van der Waals surface area (Å²) in [5, 5.41) is 0. The fourth-order valence-electron chi connectivity index (χ4n) is 1.84. The monoisotopic (exact) mass is 285 g/mol. The van der Waals surface area contributed by atoms with Crippen LogP contribution in [0.1, 0.15) is 5.56 Å². The van der Waals surface area contributed by atoms with Crippen molar-refractivity contribution in [2.45, 2.75) is 6.17 Å².